The van der Waals surface area contributed by atoms with E-state index in [0.29, 0.717) is 18.0 Å². The summed E-state index contributed by atoms with van der Waals surface area (Å²) in [5.41, 5.74) is 7.91. The quantitative estimate of drug-likeness (QED) is 0.719. The van der Waals surface area contributed by atoms with E-state index in [4.69, 9.17) is 5.73 Å². The molecule has 3 unspecified atom stereocenters. The van der Waals surface area contributed by atoms with Crippen molar-refractivity contribution in [1.29, 1.82) is 0 Å². The van der Waals surface area contributed by atoms with Crippen LogP contribution < -0.4 is 5.73 Å². The van der Waals surface area contributed by atoms with Gasteiger partial charge >= 0.3 is 0 Å². The number of nitrogens with zero attached hydrogens (tertiary/aromatic N) is 1. The van der Waals surface area contributed by atoms with Crippen LogP contribution in [0, 0.1) is 5.92 Å². The highest BCUT2D eigenvalue weighted by Gasteiger charge is 2.30. The largest absolute Gasteiger partial charge is 0.323 e. The van der Waals surface area contributed by atoms with Crippen LogP contribution in [0.4, 0.5) is 0 Å². The van der Waals surface area contributed by atoms with Gasteiger partial charge in [0.1, 0.15) is 0 Å². The highest BCUT2D eigenvalue weighted by molar-refractivity contribution is 5.20. The zero-order chi connectivity index (χ0) is 15.8. The molecule has 0 heterocycles. The Morgan fingerprint density at radius 2 is 1.67 bits per heavy atom. The monoisotopic (exact) mass is 290 g/mol. The van der Waals surface area contributed by atoms with Gasteiger partial charge < -0.3 is 5.73 Å². The van der Waals surface area contributed by atoms with Crippen molar-refractivity contribution in [3.05, 3.63) is 35.9 Å². The maximum absolute atomic E-state index is 6.66. The normalized spacial score (nSPS) is 16.2. The van der Waals surface area contributed by atoms with Gasteiger partial charge in [-0.3, -0.25) is 4.90 Å². The average Bonchev–Trinajstić information content (AvgIpc) is 2.50. The van der Waals surface area contributed by atoms with Gasteiger partial charge in [-0.15, -0.1) is 0 Å². The second kappa shape index (κ2) is 9.22. The van der Waals surface area contributed by atoms with Crippen LogP contribution in [0.25, 0.3) is 0 Å². The average molecular weight is 290 g/mol. The molecule has 1 rings (SSSR count). The van der Waals surface area contributed by atoms with Crippen molar-refractivity contribution in [1.82, 2.24) is 4.90 Å². The summed E-state index contributed by atoms with van der Waals surface area (Å²) < 4.78 is 0. The number of hydrogen-bond donors (Lipinski definition) is 1. The lowest BCUT2D eigenvalue weighted by molar-refractivity contribution is 0.0854. The van der Waals surface area contributed by atoms with Gasteiger partial charge in [-0.2, -0.15) is 0 Å². The van der Waals surface area contributed by atoms with Crippen LogP contribution in [0.15, 0.2) is 30.3 Å². The summed E-state index contributed by atoms with van der Waals surface area (Å²) in [7, 11) is 0. The van der Waals surface area contributed by atoms with Crippen LogP contribution in [-0.4, -0.2) is 23.5 Å². The van der Waals surface area contributed by atoms with Crippen molar-refractivity contribution >= 4 is 0 Å². The molecule has 0 aliphatic carbocycles. The van der Waals surface area contributed by atoms with E-state index >= 15 is 0 Å². The van der Waals surface area contributed by atoms with Gasteiger partial charge in [-0.05, 0) is 37.8 Å². The Kier molecular flexibility index (Phi) is 7.98. The molecule has 0 aliphatic heterocycles. The van der Waals surface area contributed by atoms with Crippen LogP contribution in [0.3, 0.4) is 0 Å². The predicted octanol–water partition coefficient (Wildman–Crippen LogP) is 4.61. The molecule has 0 spiro atoms. The summed E-state index contributed by atoms with van der Waals surface area (Å²) in [6, 6.07) is 11.6. The van der Waals surface area contributed by atoms with Crippen LogP contribution in [0.5, 0.6) is 0 Å². The molecule has 0 radical (unpaired) electrons. The Labute approximate surface area is 131 Å². The third-order valence-corrected chi connectivity index (χ3v) is 4.55. The summed E-state index contributed by atoms with van der Waals surface area (Å²) in [5.74, 6) is 0.547. The lowest BCUT2D eigenvalue weighted by Gasteiger charge is -2.42. The first kappa shape index (κ1) is 18.2. The topological polar surface area (TPSA) is 29.3 Å². The maximum Gasteiger partial charge on any atom is 0.0455 e. The van der Waals surface area contributed by atoms with E-state index in [-0.39, 0.29) is 6.04 Å². The highest BCUT2D eigenvalue weighted by atomic mass is 15.2. The summed E-state index contributed by atoms with van der Waals surface area (Å²) in [5, 5.41) is 0. The molecule has 2 nitrogen and oxygen atoms in total. The van der Waals surface area contributed by atoms with E-state index in [2.05, 4.69) is 69.9 Å². The van der Waals surface area contributed by atoms with E-state index in [9.17, 15) is 0 Å². The molecule has 0 amide bonds. The smallest absolute Gasteiger partial charge is 0.0455 e. The first-order chi connectivity index (χ1) is 10.0. The molecule has 0 saturated carbocycles. The second-order valence-electron chi connectivity index (χ2n) is 6.52. The van der Waals surface area contributed by atoms with E-state index in [1.165, 1.54) is 24.8 Å². The molecule has 2 N–H and O–H groups in total. The lowest BCUT2D eigenvalue weighted by Crippen LogP contribution is -2.50. The lowest BCUT2D eigenvalue weighted by atomic mass is 9.89. The van der Waals surface area contributed by atoms with E-state index in [0.717, 1.165) is 6.54 Å². The Hall–Kier alpha value is -0.860. The minimum atomic E-state index is 0.0806. The molecule has 1 aromatic rings. The van der Waals surface area contributed by atoms with Crippen LogP contribution in [0.2, 0.25) is 0 Å². The molecule has 0 aromatic heterocycles. The van der Waals surface area contributed by atoms with Gasteiger partial charge in [0.2, 0.25) is 0 Å². The minimum absolute atomic E-state index is 0.0806. The summed E-state index contributed by atoms with van der Waals surface area (Å²) in [6.45, 7) is 12.6. The van der Waals surface area contributed by atoms with Gasteiger partial charge in [-0.25, -0.2) is 0 Å². The van der Waals surface area contributed by atoms with Crippen molar-refractivity contribution in [2.45, 2.75) is 72.0 Å². The number of unbranched alkanes of at least 4 members (excludes halogenated alkanes) is 1. The number of nitrogens with two attached hydrogens (primary N) is 1. The zero-order valence-corrected chi connectivity index (χ0v) is 14.5. The Bertz CT molecular complexity index is 374. The molecule has 0 fully saturated rings. The van der Waals surface area contributed by atoms with Gasteiger partial charge in [-0.1, -0.05) is 64.4 Å². The highest BCUT2D eigenvalue weighted by Crippen LogP contribution is 2.27. The number of rotatable bonds is 9. The molecular weight excluding hydrogens is 256 g/mol. The maximum atomic E-state index is 6.66. The van der Waals surface area contributed by atoms with E-state index in [1.807, 2.05) is 0 Å². The van der Waals surface area contributed by atoms with Crippen LogP contribution in [-0.2, 0) is 0 Å². The Morgan fingerprint density at radius 1 is 1.05 bits per heavy atom. The molecule has 2 heteroatoms. The molecule has 120 valence electrons. The van der Waals surface area contributed by atoms with Crippen molar-refractivity contribution in [2.75, 3.05) is 6.54 Å². The van der Waals surface area contributed by atoms with Crippen LogP contribution in [0.1, 0.15) is 65.5 Å². The first-order valence-corrected chi connectivity index (χ1v) is 8.59. The standard InChI is InChI=1S/C19H34N2/c1-6-8-14-21(16(5)7-2)19(15(3)4)18(20)17-12-10-9-11-13-17/h9-13,15-16,18-19H,6-8,14,20H2,1-5H3. The van der Waals surface area contributed by atoms with E-state index < -0.39 is 0 Å². The molecule has 0 aliphatic rings. The van der Waals surface area contributed by atoms with Crippen molar-refractivity contribution < 1.29 is 0 Å². The van der Waals surface area contributed by atoms with Crippen LogP contribution >= 0.6 is 0 Å². The van der Waals surface area contributed by atoms with Crippen molar-refractivity contribution in [3.8, 4) is 0 Å². The summed E-state index contributed by atoms with van der Waals surface area (Å²) in [6.07, 6.45) is 3.65. The van der Waals surface area contributed by atoms with E-state index in [1.54, 1.807) is 0 Å². The van der Waals surface area contributed by atoms with Crippen molar-refractivity contribution in [3.63, 3.8) is 0 Å². The molecule has 21 heavy (non-hydrogen) atoms. The third-order valence-electron chi connectivity index (χ3n) is 4.55. The van der Waals surface area contributed by atoms with Gasteiger partial charge in [0.15, 0.2) is 0 Å². The third kappa shape index (κ3) is 5.12. The minimum Gasteiger partial charge on any atom is -0.323 e. The number of hydrogen-bond acceptors (Lipinski definition) is 2. The second-order valence-corrected chi connectivity index (χ2v) is 6.52. The fraction of sp³-hybridized carbons (Fsp3) is 0.684. The molecule has 1 aromatic carbocycles. The fourth-order valence-electron chi connectivity index (χ4n) is 3.11. The zero-order valence-electron chi connectivity index (χ0n) is 14.5. The molecule has 0 saturated heterocycles. The summed E-state index contributed by atoms with van der Waals surface area (Å²) >= 11 is 0. The van der Waals surface area contributed by atoms with Gasteiger partial charge in [0, 0.05) is 18.1 Å². The molecule has 3 atom stereocenters. The number of benzene rings is 1. The molecule has 0 bridgehead atoms. The van der Waals surface area contributed by atoms with Gasteiger partial charge in [0.25, 0.3) is 0 Å². The SMILES string of the molecule is CCCCN(C(C)CC)C(C(C)C)C(N)c1ccccc1. The van der Waals surface area contributed by atoms with Crippen molar-refractivity contribution in [2.24, 2.45) is 11.7 Å². The van der Waals surface area contributed by atoms with Gasteiger partial charge in [0.05, 0.1) is 0 Å². The first-order valence-electron chi connectivity index (χ1n) is 8.59. The molecular formula is C19H34N2. The Morgan fingerprint density at radius 3 is 2.14 bits per heavy atom. The summed E-state index contributed by atoms with van der Waals surface area (Å²) in [4.78, 5) is 2.64. The Balaban J connectivity index is 3.00. The predicted molar refractivity (Wildman–Crippen MR) is 93.4 cm³/mol. The fourth-order valence-corrected chi connectivity index (χ4v) is 3.11.